The van der Waals surface area contributed by atoms with Gasteiger partial charge in [0, 0.05) is 0 Å². The van der Waals surface area contributed by atoms with E-state index in [1.165, 1.54) is 0 Å². The Labute approximate surface area is 126 Å². The first-order valence-corrected chi connectivity index (χ1v) is 6.77. The second-order valence-corrected chi connectivity index (χ2v) is 4.78. The number of fused-ring (bicyclic) bond motifs is 1. The number of nitrogens with one attached hydrogen (secondary N) is 1. The van der Waals surface area contributed by atoms with E-state index in [-0.39, 0.29) is 11.3 Å². The molecule has 0 atom stereocenters. The molecule has 1 aromatic heterocycles. The lowest BCUT2D eigenvalue weighted by molar-refractivity contribution is 0.466. The SMILES string of the molecule is C/C(=N/Nc1ccccc1)c1c(O)c2ccccc2oc1=O. The van der Waals surface area contributed by atoms with E-state index in [1.54, 1.807) is 31.2 Å². The third-order valence-corrected chi connectivity index (χ3v) is 3.27. The molecule has 0 unspecified atom stereocenters. The van der Waals surface area contributed by atoms with Gasteiger partial charge in [-0.2, -0.15) is 5.10 Å². The lowest BCUT2D eigenvalue weighted by Gasteiger charge is -2.06. The smallest absolute Gasteiger partial charge is 0.349 e. The lowest BCUT2D eigenvalue weighted by Crippen LogP contribution is -2.14. The summed E-state index contributed by atoms with van der Waals surface area (Å²) in [5.74, 6) is -0.122. The minimum atomic E-state index is -0.618. The summed E-state index contributed by atoms with van der Waals surface area (Å²) in [5.41, 5.74) is 3.76. The Bertz CT molecular complexity index is 899. The van der Waals surface area contributed by atoms with Crippen LogP contribution >= 0.6 is 0 Å². The number of rotatable bonds is 3. The zero-order valence-corrected chi connectivity index (χ0v) is 11.9. The first kappa shape index (κ1) is 13.9. The van der Waals surface area contributed by atoms with Crippen LogP contribution in [0.4, 0.5) is 5.69 Å². The Kier molecular flexibility index (Phi) is 3.62. The van der Waals surface area contributed by atoms with Crippen LogP contribution in [0.1, 0.15) is 12.5 Å². The van der Waals surface area contributed by atoms with Gasteiger partial charge in [-0.25, -0.2) is 4.79 Å². The quantitative estimate of drug-likeness (QED) is 0.441. The summed E-state index contributed by atoms with van der Waals surface area (Å²) in [7, 11) is 0. The minimum absolute atomic E-state index is 0.0575. The molecule has 0 saturated heterocycles. The molecule has 0 bridgehead atoms. The molecule has 5 heteroatoms. The molecule has 5 nitrogen and oxygen atoms in total. The van der Waals surface area contributed by atoms with E-state index >= 15 is 0 Å². The molecular formula is C17H14N2O3. The molecule has 3 rings (SSSR count). The standard InChI is InChI=1S/C17H14N2O3/c1-11(18-19-12-7-3-2-4-8-12)15-16(20)13-9-5-6-10-14(13)22-17(15)21/h2-10,19-20H,1H3/b18-11-. The average Bonchev–Trinajstić information content (AvgIpc) is 2.54. The molecule has 1 heterocycles. The van der Waals surface area contributed by atoms with Gasteiger partial charge in [-0.1, -0.05) is 30.3 Å². The second kappa shape index (κ2) is 5.73. The highest BCUT2D eigenvalue weighted by Crippen LogP contribution is 2.26. The summed E-state index contributed by atoms with van der Waals surface area (Å²) in [5, 5.41) is 14.9. The molecule has 0 aliphatic carbocycles. The third-order valence-electron chi connectivity index (χ3n) is 3.27. The summed E-state index contributed by atoms with van der Waals surface area (Å²) in [6.07, 6.45) is 0. The van der Waals surface area contributed by atoms with E-state index in [0.29, 0.717) is 16.7 Å². The number of nitrogens with zero attached hydrogens (tertiary/aromatic N) is 1. The minimum Gasteiger partial charge on any atom is -0.506 e. The van der Waals surface area contributed by atoms with Crippen molar-refractivity contribution in [3.8, 4) is 5.75 Å². The van der Waals surface area contributed by atoms with Crippen molar-refractivity contribution in [1.82, 2.24) is 0 Å². The highest BCUT2D eigenvalue weighted by Gasteiger charge is 2.16. The van der Waals surface area contributed by atoms with Gasteiger partial charge in [-0.05, 0) is 31.2 Å². The van der Waals surface area contributed by atoms with Crippen molar-refractivity contribution in [2.24, 2.45) is 5.10 Å². The average molecular weight is 294 g/mol. The van der Waals surface area contributed by atoms with Crippen LogP contribution in [0, 0.1) is 0 Å². The number of hydrogen-bond donors (Lipinski definition) is 2. The van der Waals surface area contributed by atoms with Crippen LogP contribution in [0.15, 0.2) is 68.9 Å². The molecule has 2 aromatic carbocycles. The van der Waals surface area contributed by atoms with Gasteiger partial charge in [0.05, 0.1) is 16.8 Å². The lowest BCUT2D eigenvalue weighted by atomic mass is 10.1. The first-order valence-electron chi connectivity index (χ1n) is 6.77. The fourth-order valence-electron chi connectivity index (χ4n) is 2.17. The Morgan fingerprint density at radius 1 is 1.09 bits per heavy atom. The molecule has 0 spiro atoms. The summed E-state index contributed by atoms with van der Waals surface area (Å²) in [6.45, 7) is 1.64. The zero-order valence-electron chi connectivity index (χ0n) is 11.9. The van der Waals surface area contributed by atoms with Crippen molar-refractivity contribution in [3.05, 3.63) is 70.6 Å². The van der Waals surface area contributed by atoms with Crippen LogP contribution in [0.5, 0.6) is 5.75 Å². The summed E-state index contributed by atoms with van der Waals surface area (Å²) in [4.78, 5) is 12.1. The fraction of sp³-hybridized carbons (Fsp3) is 0.0588. The Morgan fingerprint density at radius 2 is 1.77 bits per heavy atom. The topological polar surface area (TPSA) is 74.8 Å². The highest BCUT2D eigenvalue weighted by atomic mass is 16.4. The largest absolute Gasteiger partial charge is 0.506 e. The van der Waals surface area contributed by atoms with Gasteiger partial charge in [0.25, 0.3) is 0 Å². The van der Waals surface area contributed by atoms with E-state index in [9.17, 15) is 9.90 Å². The molecule has 0 saturated carbocycles. The van der Waals surface area contributed by atoms with Crippen molar-refractivity contribution in [2.75, 3.05) is 5.43 Å². The maximum absolute atomic E-state index is 12.1. The van der Waals surface area contributed by atoms with Crippen LogP contribution in [0.3, 0.4) is 0 Å². The molecule has 0 aliphatic rings. The van der Waals surface area contributed by atoms with Gasteiger partial charge in [-0.3, -0.25) is 5.43 Å². The molecule has 0 aliphatic heterocycles. The second-order valence-electron chi connectivity index (χ2n) is 4.78. The molecule has 0 fully saturated rings. The first-order chi connectivity index (χ1) is 10.7. The normalized spacial score (nSPS) is 11.6. The number of benzene rings is 2. The molecule has 3 aromatic rings. The number of para-hydroxylation sites is 2. The van der Waals surface area contributed by atoms with Gasteiger partial charge in [0.1, 0.15) is 16.9 Å². The summed E-state index contributed by atoms with van der Waals surface area (Å²) >= 11 is 0. The maximum Gasteiger partial charge on any atom is 0.349 e. The summed E-state index contributed by atoms with van der Waals surface area (Å²) < 4.78 is 5.22. The molecular weight excluding hydrogens is 280 g/mol. The predicted molar refractivity (Wildman–Crippen MR) is 86.4 cm³/mol. The Hall–Kier alpha value is -3.08. The Morgan fingerprint density at radius 3 is 2.55 bits per heavy atom. The van der Waals surface area contributed by atoms with E-state index in [4.69, 9.17) is 4.42 Å². The van der Waals surface area contributed by atoms with Gasteiger partial charge in [-0.15, -0.1) is 0 Å². The fourth-order valence-corrected chi connectivity index (χ4v) is 2.17. The molecule has 2 N–H and O–H groups in total. The number of aromatic hydroxyl groups is 1. The van der Waals surface area contributed by atoms with Gasteiger partial charge in [0.2, 0.25) is 0 Å². The number of hydrogen-bond acceptors (Lipinski definition) is 5. The van der Waals surface area contributed by atoms with Crippen LogP contribution in [0.2, 0.25) is 0 Å². The zero-order chi connectivity index (χ0) is 15.5. The van der Waals surface area contributed by atoms with Gasteiger partial charge < -0.3 is 9.52 Å². The van der Waals surface area contributed by atoms with Crippen LogP contribution in [-0.2, 0) is 0 Å². The maximum atomic E-state index is 12.1. The van der Waals surface area contributed by atoms with Crippen LogP contribution in [0.25, 0.3) is 11.0 Å². The number of hydrazone groups is 1. The molecule has 0 amide bonds. The van der Waals surface area contributed by atoms with Crippen LogP contribution < -0.4 is 11.1 Å². The van der Waals surface area contributed by atoms with Crippen molar-refractivity contribution in [1.29, 1.82) is 0 Å². The van der Waals surface area contributed by atoms with Crippen LogP contribution in [-0.4, -0.2) is 10.8 Å². The van der Waals surface area contributed by atoms with Crippen molar-refractivity contribution in [2.45, 2.75) is 6.92 Å². The summed E-state index contributed by atoms with van der Waals surface area (Å²) in [6, 6.07) is 16.2. The molecule has 22 heavy (non-hydrogen) atoms. The molecule has 0 radical (unpaired) electrons. The van der Waals surface area contributed by atoms with Crippen molar-refractivity contribution >= 4 is 22.4 Å². The van der Waals surface area contributed by atoms with Gasteiger partial charge in [0.15, 0.2) is 0 Å². The highest BCUT2D eigenvalue weighted by molar-refractivity contribution is 6.04. The molecule has 110 valence electrons. The third kappa shape index (κ3) is 2.56. The Balaban J connectivity index is 2.04. The predicted octanol–water partition coefficient (Wildman–Crippen LogP) is 3.33. The van der Waals surface area contributed by atoms with Crippen molar-refractivity contribution in [3.63, 3.8) is 0 Å². The monoisotopic (exact) mass is 294 g/mol. The van der Waals surface area contributed by atoms with E-state index in [0.717, 1.165) is 5.69 Å². The van der Waals surface area contributed by atoms with Crippen molar-refractivity contribution < 1.29 is 9.52 Å². The van der Waals surface area contributed by atoms with E-state index < -0.39 is 5.63 Å². The van der Waals surface area contributed by atoms with E-state index in [1.807, 2.05) is 30.3 Å². The van der Waals surface area contributed by atoms with Gasteiger partial charge >= 0.3 is 5.63 Å². The van der Waals surface area contributed by atoms with E-state index in [2.05, 4.69) is 10.5 Å². The number of anilines is 1.